The maximum Gasteiger partial charge on any atom is 0.240 e. The summed E-state index contributed by atoms with van der Waals surface area (Å²) in [5.41, 5.74) is 6.08. The van der Waals surface area contributed by atoms with E-state index in [0.717, 1.165) is 25.7 Å². The second-order valence-corrected chi connectivity index (χ2v) is 6.13. The molecule has 3 N–H and O–H groups in total. The molecule has 108 valence electrons. The van der Waals surface area contributed by atoms with Crippen molar-refractivity contribution in [1.82, 2.24) is 4.72 Å². The molecule has 0 aliphatic heterocycles. The molecule has 0 atom stereocenters. The Labute approximate surface area is 115 Å². The van der Waals surface area contributed by atoms with Gasteiger partial charge in [-0.2, -0.15) is 0 Å². The molecule has 1 aromatic carbocycles. The molecule has 5 nitrogen and oxygen atoms in total. The van der Waals surface area contributed by atoms with Gasteiger partial charge in [0.15, 0.2) is 0 Å². The lowest BCUT2D eigenvalue weighted by atomic mass is 10.2. The van der Waals surface area contributed by atoms with Crippen LogP contribution in [0.3, 0.4) is 0 Å². The molecule has 0 fully saturated rings. The first-order valence-corrected chi connectivity index (χ1v) is 7.92. The van der Waals surface area contributed by atoms with E-state index in [2.05, 4.69) is 11.6 Å². The van der Waals surface area contributed by atoms with Crippen LogP contribution < -0.4 is 15.2 Å². The van der Waals surface area contributed by atoms with Crippen molar-refractivity contribution < 1.29 is 13.2 Å². The van der Waals surface area contributed by atoms with E-state index >= 15 is 0 Å². The number of nitrogen functional groups attached to an aromatic ring is 1. The van der Waals surface area contributed by atoms with Gasteiger partial charge >= 0.3 is 0 Å². The Kier molecular flexibility index (Phi) is 6.11. The lowest BCUT2D eigenvalue weighted by Crippen LogP contribution is -2.24. The molecule has 0 heterocycles. The summed E-state index contributed by atoms with van der Waals surface area (Å²) in [6.07, 6.45) is 4.13. The first kappa shape index (κ1) is 15.8. The molecule has 0 unspecified atom stereocenters. The number of methoxy groups -OCH3 is 1. The number of hydrogen-bond acceptors (Lipinski definition) is 4. The maximum absolute atomic E-state index is 12.0. The number of unbranched alkanes of at least 4 members (excludes halogenated alkanes) is 3. The summed E-state index contributed by atoms with van der Waals surface area (Å²) in [5.74, 6) is 0.369. The molecule has 19 heavy (non-hydrogen) atoms. The van der Waals surface area contributed by atoms with E-state index in [4.69, 9.17) is 10.5 Å². The Hall–Kier alpha value is -1.27. The Morgan fingerprint density at radius 1 is 1.26 bits per heavy atom. The molecule has 0 aliphatic carbocycles. The van der Waals surface area contributed by atoms with Gasteiger partial charge in [0, 0.05) is 12.6 Å². The first-order valence-electron chi connectivity index (χ1n) is 6.44. The van der Waals surface area contributed by atoms with Crippen molar-refractivity contribution in [2.45, 2.75) is 37.5 Å². The van der Waals surface area contributed by atoms with E-state index in [1.807, 2.05) is 0 Å². The van der Waals surface area contributed by atoms with Crippen LogP contribution in [-0.2, 0) is 10.0 Å². The Bertz CT molecular complexity index is 501. The highest BCUT2D eigenvalue weighted by molar-refractivity contribution is 7.89. The molecule has 0 amide bonds. The van der Waals surface area contributed by atoms with Gasteiger partial charge in [0.25, 0.3) is 0 Å². The molecule has 0 aliphatic rings. The summed E-state index contributed by atoms with van der Waals surface area (Å²) >= 11 is 0. The number of sulfonamides is 1. The molecule has 0 aromatic heterocycles. The molecule has 0 saturated carbocycles. The van der Waals surface area contributed by atoms with Gasteiger partial charge in [-0.05, 0) is 18.6 Å². The number of nitrogens with two attached hydrogens (primary N) is 1. The Morgan fingerprint density at radius 3 is 2.63 bits per heavy atom. The number of hydrogen-bond donors (Lipinski definition) is 2. The smallest absolute Gasteiger partial charge is 0.240 e. The third-order valence-corrected chi connectivity index (χ3v) is 4.30. The predicted octanol–water partition coefficient (Wildman–Crippen LogP) is 2.14. The fraction of sp³-hybridized carbons (Fsp3) is 0.538. The summed E-state index contributed by atoms with van der Waals surface area (Å²) < 4.78 is 31.7. The normalized spacial score (nSPS) is 11.5. The van der Waals surface area contributed by atoms with E-state index in [9.17, 15) is 8.42 Å². The van der Waals surface area contributed by atoms with Crippen LogP contribution in [0.2, 0.25) is 0 Å². The molecule has 0 bridgehead atoms. The van der Waals surface area contributed by atoms with E-state index in [1.165, 1.54) is 25.3 Å². The van der Waals surface area contributed by atoms with Gasteiger partial charge in [-0.25, -0.2) is 13.1 Å². The number of anilines is 1. The van der Waals surface area contributed by atoms with Crippen molar-refractivity contribution in [3.8, 4) is 5.75 Å². The highest BCUT2D eigenvalue weighted by atomic mass is 32.2. The maximum atomic E-state index is 12.0. The molecule has 6 heteroatoms. The van der Waals surface area contributed by atoms with Crippen molar-refractivity contribution in [3.05, 3.63) is 18.2 Å². The van der Waals surface area contributed by atoms with E-state index < -0.39 is 10.0 Å². The molecule has 0 spiro atoms. The lowest BCUT2D eigenvalue weighted by Gasteiger charge is -2.09. The van der Waals surface area contributed by atoms with Crippen molar-refractivity contribution >= 4 is 15.7 Å². The third-order valence-electron chi connectivity index (χ3n) is 2.84. The number of nitrogens with one attached hydrogen (secondary N) is 1. The fourth-order valence-electron chi connectivity index (χ4n) is 1.70. The molecular weight excluding hydrogens is 264 g/mol. The standard InChI is InChI=1S/C13H22N2O3S/c1-3-4-5-6-9-15-19(16,17)11-7-8-12(14)13(10-11)18-2/h7-8,10,15H,3-6,9,14H2,1-2H3. The quantitative estimate of drug-likeness (QED) is 0.566. The zero-order chi connectivity index (χ0) is 14.3. The monoisotopic (exact) mass is 286 g/mol. The highest BCUT2D eigenvalue weighted by Crippen LogP contribution is 2.24. The van der Waals surface area contributed by atoms with Crippen LogP contribution in [0.15, 0.2) is 23.1 Å². The summed E-state index contributed by atoms with van der Waals surface area (Å²) in [5, 5.41) is 0. The van der Waals surface area contributed by atoms with Gasteiger partial charge in [0.1, 0.15) is 5.75 Å². The zero-order valence-corrected chi connectivity index (χ0v) is 12.3. The second-order valence-electron chi connectivity index (χ2n) is 4.36. The SMILES string of the molecule is CCCCCCNS(=O)(=O)c1ccc(N)c(OC)c1. The largest absolute Gasteiger partial charge is 0.495 e. The topological polar surface area (TPSA) is 81.4 Å². The van der Waals surface area contributed by atoms with Gasteiger partial charge in [-0.15, -0.1) is 0 Å². The summed E-state index contributed by atoms with van der Waals surface area (Å²) in [7, 11) is -2.02. The molecular formula is C13H22N2O3S. The van der Waals surface area contributed by atoms with Gasteiger partial charge in [-0.3, -0.25) is 0 Å². The van der Waals surface area contributed by atoms with Gasteiger partial charge in [0.2, 0.25) is 10.0 Å². The number of rotatable bonds is 8. The van der Waals surface area contributed by atoms with E-state index in [0.29, 0.717) is 18.0 Å². The van der Waals surface area contributed by atoms with Crippen molar-refractivity contribution in [2.24, 2.45) is 0 Å². The Morgan fingerprint density at radius 2 is 2.00 bits per heavy atom. The van der Waals surface area contributed by atoms with E-state index in [1.54, 1.807) is 0 Å². The average molecular weight is 286 g/mol. The highest BCUT2D eigenvalue weighted by Gasteiger charge is 2.15. The number of ether oxygens (including phenoxy) is 1. The lowest BCUT2D eigenvalue weighted by molar-refractivity contribution is 0.415. The van der Waals surface area contributed by atoms with Crippen LogP contribution >= 0.6 is 0 Å². The second kappa shape index (κ2) is 7.35. The van der Waals surface area contributed by atoms with Crippen LogP contribution in [0.4, 0.5) is 5.69 Å². The summed E-state index contributed by atoms with van der Waals surface area (Å²) in [6.45, 7) is 2.57. The van der Waals surface area contributed by atoms with Crippen molar-refractivity contribution in [3.63, 3.8) is 0 Å². The van der Waals surface area contributed by atoms with Gasteiger partial charge in [-0.1, -0.05) is 26.2 Å². The van der Waals surface area contributed by atoms with Gasteiger partial charge < -0.3 is 10.5 Å². The predicted molar refractivity (Wildman–Crippen MR) is 76.7 cm³/mol. The molecule has 1 rings (SSSR count). The minimum Gasteiger partial charge on any atom is -0.495 e. The van der Waals surface area contributed by atoms with Crippen LogP contribution in [0.1, 0.15) is 32.6 Å². The van der Waals surface area contributed by atoms with Crippen LogP contribution in [0.25, 0.3) is 0 Å². The fourth-order valence-corrected chi connectivity index (χ4v) is 2.79. The van der Waals surface area contributed by atoms with E-state index in [-0.39, 0.29) is 4.90 Å². The molecule has 0 saturated heterocycles. The Balaban J connectivity index is 2.67. The van der Waals surface area contributed by atoms with Crippen LogP contribution in [-0.4, -0.2) is 22.1 Å². The average Bonchev–Trinajstić information content (AvgIpc) is 2.38. The minimum atomic E-state index is -3.48. The third kappa shape index (κ3) is 4.72. The van der Waals surface area contributed by atoms with Gasteiger partial charge in [0.05, 0.1) is 17.7 Å². The molecule has 0 radical (unpaired) electrons. The van der Waals surface area contributed by atoms with Crippen molar-refractivity contribution in [1.29, 1.82) is 0 Å². The first-order chi connectivity index (χ1) is 9.01. The number of benzene rings is 1. The molecule has 1 aromatic rings. The zero-order valence-electron chi connectivity index (χ0n) is 11.5. The minimum absolute atomic E-state index is 0.175. The summed E-state index contributed by atoms with van der Waals surface area (Å²) in [6, 6.07) is 4.44. The van der Waals surface area contributed by atoms with Crippen LogP contribution in [0, 0.1) is 0 Å². The van der Waals surface area contributed by atoms with Crippen molar-refractivity contribution in [2.75, 3.05) is 19.4 Å². The summed E-state index contributed by atoms with van der Waals surface area (Å²) in [4.78, 5) is 0.175. The van der Waals surface area contributed by atoms with Crippen LogP contribution in [0.5, 0.6) is 5.75 Å².